The SMILES string of the molecule is Nc1ccccc1C1CC=CC2C(=O)NC(=O)C21. The number of para-hydroxylation sites is 1. The second kappa shape index (κ2) is 3.98. The number of hydrogen-bond donors (Lipinski definition) is 2. The fraction of sp³-hybridized carbons (Fsp3) is 0.286. The highest BCUT2D eigenvalue weighted by Gasteiger charge is 2.46. The van der Waals surface area contributed by atoms with Crippen molar-refractivity contribution in [3.63, 3.8) is 0 Å². The zero-order chi connectivity index (χ0) is 12.7. The third kappa shape index (κ3) is 1.53. The molecule has 0 radical (unpaired) electrons. The van der Waals surface area contributed by atoms with Crippen LogP contribution in [0.3, 0.4) is 0 Å². The summed E-state index contributed by atoms with van der Waals surface area (Å²) in [7, 11) is 0. The Morgan fingerprint density at radius 3 is 2.72 bits per heavy atom. The van der Waals surface area contributed by atoms with Crippen LogP contribution < -0.4 is 11.1 Å². The molecule has 3 rings (SSSR count). The van der Waals surface area contributed by atoms with Crippen LogP contribution in [0.2, 0.25) is 0 Å². The smallest absolute Gasteiger partial charge is 0.234 e. The molecule has 4 nitrogen and oxygen atoms in total. The molecule has 1 aliphatic heterocycles. The summed E-state index contributed by atoms with van der Waals surface area (Å²) in [6.07, 6.45) is 4.55. The lowest BCUT2D eigenvalue weighted by Crippen LogP contribution is -2.27. The Hall–Kier alpha value is -2.10. The number of nitrogens with two attached hydrogens (primary N) is 1. The number of imide groups is 1. The van der Waals surface area contributed by atoms with Gasteiger partial charge in [0.15, 0.2) is 0 Å². The fourth-order valence-electron chi connectivity index (χ4n) is 2.94. The summed E-state index contributed by atoms with van der Waals surface area (Å²) in [5, 5.41) is 2.41. The van der Waals surface area contributed by atoms with Gasteiger partial charge >= 0.3 is 0 Å². The molecule has 18 heavy (non-hydrogen) atoms. The molecule has 0 aromatic heterocycles. The van der Waals surface area contributed by atoms with Crippen LogP contribution in [0.1, 0.15) is 17.9 Å². The largest absolute Gasteiger partial charge is 0.398 e. The molecule has 0 bridgehead atoms. The highest BCUT2D eigenvalue weighted by Crippen LogP contribution is 2.42. The molecule has 2 amide bonds. The van der Waals surface area contributed by atoms with E-state index in [1.165, 1.54) is 0 Å². The van der Waals surface area contributed by atoms with Crippen LogP contribution in [0.4, 0.5) is 5.69 Å². The predicted octanol–water partition coefficient (Wildman–Crippen LogP) is 1.20. The molecular formula is C14H14N2O2. The van der Waals surface area contributed by atoms with Crippen molar-refractivity contribution in [2.24, 2.45) is 11.8 Å². The van der Waals surface area contributed by atoms with Crippen LogP contribution in [0.25, 0.3) is 0 Å². The minimum Gasteiger partial charge on any atom is -0.398 e. The van der Waals surface area contributed by atoms with Gasteiger partial charge in [0.1, 0.15) is 0 Å². The minimum absolute atomic E-state index is 0.00681. The molecule has 92 valence electrons. The average molecular weight is 242 g/mol. The first-order valence-corrected chi connectivity index (χ1v) is 6.04. The van der Waals surface area contributed by atoms with Crippen molar-refractivity contribution in [1.82, 2.24) is 5.32 Å². The number of benzene rings is 1. The van der Waals surface area contributed by atoms with E-state index in [1.54, 1.807) is 0 Å². The van der Waals surface area contributed by atoms with E-state index < -0.39 is 0 Å². The second-order valence-electron chi connectivity index (χ2n) is 4.80. The molecule has 0 saturated carbocycles. The van der Waals surface area contributed by atoms with E-state index in [9.17, 15) is 9.59 Å². The van der Waals surface area contributed by atoms with E-state index in [1.807, 2.05) is 36.4 Å². The summed E-state index contributed by atoms with van der Waals surface area (Å²) in [6, 6.07) is 7.55. The second-order valence-corrected chi connectivity index (χ2v) is 4.80. The number of nitrogens with one attached hydrogen (secondary N) is 1. The first-order valence-electron chi connectivity index (χ1n) is 6.04. The van der Waals surface area contributed by atoms with Crippen molar-refractivity contribution in [3.05, 3.63) is 42.0 Å². The molecular weight excluding hydrogens is 228 g/mol. The van der Waals surface area contributed by atoms with Gasteiger partial charge in [-0.25, -0.2) is 0 Å². The van der Waals surface area contributed by atoms with Gasteiger partial charge in [0.2, 0.25) is 11.8 Å². The van der Waals surface area contributed by atoms with E-state index in [4.69, 9.17) is 5.73 Å². The number of amides is 2. The van der Waals surface area contributed by atoms with Crippen LogP contribution in [0.5, 0.6) is 0 Å². The number of fused-ring (bicyclic) bond motifs is 1. The number of carbonyl (C=O) groups is 2. The molecule has 2 aliphatic rings. The van der Waals surface area contributed by atoms with E-state index in [2.05, 4.69) is 5.32 Å². The van der Waals surface area contributed by atoms with E-state index in [0.717, 1.165) is 12.0 Å². The topological polar surface area (TPSA) is 72.2 Å². The predicted molar refractivity (Wildman–Crippen MR) is 67.5 cm³/mol. The van der Waals surface area contributed by atoms with Gasteiger partial charge in [-0.3, -0.25) is 14.9 Å². The number of allylic oxidation sites excluding steroid dienone is 1. The first kappa shape index (κ1) is 11.0. The maximum Gasteiger partial charge on any atom is 0.234 e. The standard InChI is InChI=1S/C14H14N2O2/c15-11-7-2-1-4-8(11)9-5-3-6-10-12(9)14(18)16-13(10)17/h1-4,6-7,9-10,12H,5,15H2,(H,16,17,18). The number of carbonyl (C=O) groups excluding carboxylic acids is 2. The van der Waals surface area contributed by atoms with Crippen molar-refractivity contribution >= 4 is 17.5 Å². The number of hydrogen-bond acceptors (Lipinski definition) is 3. The highest BCUT2D eigenvalue weighted by atomic mass is 16.2. The number of rotatable bonds is 1. The van der Waals surface area contributed by atoms with Crippen molar-refractivity contribution in [2.75, 3.05) is 5.73 Å². The van der Waals surface area contributed by atoms with Gasteiger partial charge in [-0.1, -0.05) is 30.4 Å². The van der Waals surface area contributed by atoms with Crippen molar-refractivity contribution in [3.8, 4) is 0 Å². The molecule has 1 saturated heterocycles. The zero-order valence-corrected chi connectivity index (χ0v) is 9.80. The van der Waals surface area contributed by atoms with Crippen LogP contribution >= 0.6 is 0 Å². The lowest BCUT2D eigenvalue weighted by molar-refractivity contribution is -0.126. The highest BCUT2D eigenvalue weighted by molar-refractivity contribution is 6.06. The fourth-order valence-corrected chi connectivity index (χ4v) is 2.94. The molecule has 3 N–H and O–H groups in total. The molecule has 1 heterocycles. The maximum atomic E-state index is 11.9. The molecule has 1 aliphatic carbocycles. The summed E-state index contributed by atoms with van der Waals surface area (Å²) in [5.41, 5.74) is 7.62. The Labute approximate surface area is 105 Å². The summed E-state index contributed by atoms with van der Waals surface area (Å²) in [4.78, 5) is 23.6. The van der Waals surface area contributed by atoms with Crippen LogP contribution in [0.15, 0.2) is 36.4 Å². The van der Waals surface area contributed by atoms with Gasteiger partial charge in [-0.2, -0.15) is 0 Å². The lowest BCUT2D eigenvalue weighted by Gasteiger charge is -2.27. The van der Waals surface area contributed by atoms with Gasteiger partial charge in [0.05, 0.1) is 11.8 Å². The minimum atomic E-state index is -0.337. The molecule has 3 atom stereocenters. The van der Waals surface area contributed by atoms with E-state index >= 15 is 0 Å². The normalized spacial score (nSPS) is 30.1. The molecule has 1 aromatic rings. The lowest BCUT2D eigenvalue weighted by atomic mass is 9.73. The van der Waals surface area contributed by atoms with Crippen LogP contribution in [0, 0.1) is 11.8 Å². The summed E-state index contributed by atoms with van der Waals surface area (Å²) in [6.45, 7) is 0. The van der Waals surface area contributed by atoms with Crippen LogP contribution in [-0.4, -0.2) is 11.8 Å². The van der Waals surface area contributed by atoms with E-state index in [0.29, 0.717) is 5.69 Å². The van der Waals surface area contributed by atoms with Gasteiger partial charge < -0.3 is 5.73 Å². The molecule has 1 aromatic carbocycles. The Balaban J connectivity index is 2.04. The van der Waals surface area contributed by atoms with Gasteiger partial charge in [0, 0.05) is 11.6 Å². The van der Waals surface area contributed by atoms with E-state index in [-0.39, 0.29) is 29.6 Å². The average Bonchev–Trinajstić information content (AvgIpc) is 2.66. The van der Waals surface area contributed by atoms with Gasteiger partial charge in [-0.05, 0) is 18.1 Å². The number of anilines is 1. The van der Waals surface area contributed by atoms with Crippen LogP contribution in [-0.2, 0) is 9.59 Å². The zero-order valence-electron chi connectivity index (χ0n) is 9.80. The quantitative estimate of drug-likeness (QED) is 0.441. The summed E-state index contributed by atoms with van der Waals surface area (Å²) >= 11 is 0. The van der Waals surface area contributed by atoms with Gasteiger partial charge in [-0.15, -0.1) is 0 Å². The molecule has 3 unspecified atom stereocenters. The summed E-state index contributed by atoms with van der Waals surface area (Å²) < 4.78 is 0. The Morgan fingerprint density at radius 1 is 1.17 bits per heavy atom. The number of nitrogen functional groups attached to an aromatic ring is 1. The van der Waals surface area contributed by atoms with Crippen molar-refractivity contribution < 1.29 is 9.59 Å². The maximum absolute atomic E-state index is 11.9. The Bertz CT molecular complexity index is 550. The first-order chi connectivity index (χ1) is 8.68. The Morgan fingerprint density at radius 2 is 1.94 bits per heavy atom. The summed E-state index contributed by atoms with van der Waals surface area (Å²) in [5.74, 6) is -1.03. The van der Waals surface area contributed by atoms with Gasteiger partial charge in [0.25, 0.3) is 0 Å². The molecule has 1 fully saturated rings. The monoisotopic (exact) mass is 242 g/mol. The third-order valence-electron chi connectivity index (χ3n) is 3.80. The third-order valence-corrected chi connectivity index (χ3v) is 3.80. The molecule has 0 spiro atoms. The molecule has 4 heteroatoms. The Kier molecular flexibility index (Phi) is 2.44. The van der Waals surface area contributed by atoms with Crippen molar-refractivity contribution in [1.29, 1.82) is 0 Å². The van der Waals surface area contributed by atoms with Crippen molar-refractivity contribution in [2.45, 2.75) is 12.3 Å².